The molecular weight excluding hydrogens is 326 g/mol. The second kappa shape index (κ2) is 6.20. The Kier molecular flexibility index (Phi) is 3.98. The number of carbonyl (C=O) groups excluding carboxylic acids is 1. The number of nitrogens with zero attached hydrogens (tertiary/aromatic N) is 4. The van der Waals surface area contributed by atoms with Crippen molar-refractivity contribution in [2.75, 3.05) is 11.9 Å². The summed E-state index contributed by atoms with van der Waals surface area (Å²) in [4.78, 5) is 28.2. The number of aromatic nitrogens is 3. The van der Waals surface area contributed by atoms with E-state index in [0.29, 0.717) is 11.5 Å². The summed E-state index contributed by atoms with van der Waals surface area (Å²) < 4.78 is 0. The van der Waals surface area contributed by atoms with E-state index in [9.17, 15) is 4.79 Å². The number of likely N-dealkylation sites (N-methyl/N-ethyl adjacent to an activating group) is 1. The number of pyridine rings is 1. The third-order valence-electron chi connectivity index (χ3n) is 5.21. The number of anilines is 1. The minimum Gasteiger partial charge on any atom is -0.346 e. The number of nitrogens with one attached hydrogen (secondary N) is 1. The number of rotatable bonds is 5. The highest BCUT2D eigenvalue weighted by molar-refractivity contribution is 5.97. The van der Waals surface area contributed by atoms with Crippen molar-refractivity contribution in [3.8, 4) is 11.5 Å². The first-order valence-electron chi connectivity index (χ1n) is 9.03. The van der Waals surface area contributed by atoms with Crippen LogP contribution in [0.3, 0.4) is 0 Å². The topological polar surface area (TPSA) is 71.0 Å². The standard InChI is InChI=1S/C20H23N5O/c1-13(19(26)24-20(2)10-11-20)25(3)18-14-7-6-9-15(14)22-17(23-18)16-8-4-5-12-21-16/h4-5,8,12H,1,6-7,9-11H2,2-3H3,(H,24,26). The van der Waals surface area contributed by atoms with Crippen molar-refractivity contribution >= 4 is 11.7 Å². The van der Waals surface area contributed by atoms with Gasteiger partial charge in [-0.05, 0) is 51.2 Å². The highest BCUT2D eigenvalue weighted by atomic mass is 16.2. The lowest BCUT2D eigenvalue weighted by atomic mass is 10.2. The molecule has 1 N–H and O–H groups in total. The Hall–Kier alpha value is -2.76. The Bertz CT molecular complexity index is 873. The number of aryl methyl sites for hydroxylation is 1. The van der Waals surface area contributed by atoms with Crippen molar-refractivity contribution in [1.82, 2.24) is 20.3 Å². The molecule has 6 heteroatoms. The van der Waals surface area contributed by atoms with Crippen molar-refractivity contribution in [3.05, 3.63) is 47.9 Å². The van der Waals surface area contributed by atoms with Gasteiger partial charge in [-0.2, -0.15) is 0 Å². The van der Waals surface area contributed by atoms with Crippen LogP contribution in [0.25, 0.3) is 11.5 Å². The molecule has 6 nitrogen and oxygen atoms in total. The summed E-state index contributed by atoms with van der Waals surface area (Å²) in [5.41, 5.74) is 3.21. The van der Waals surface area contributed by atoms with E-state index in [-0.39, 0.29) is 11.4 Å². The van der Waals surface area contributed by atoms with Crippen LogP contribution in [-0.4, -0.2) is 33.4 Å². The van der Waals surface area contributed by atoms with E-state index >= 15 is 0 Å². The average molecular weight is 349 g/mol. The predicted molar refractivity (Wildman–Crippen MR) is 101 cm³/mol. The minimum atomic E-state index is -0.141. The van der Waals surface area contributed by atoms with Gasteiger partial charge in [0.05, 0.1) is 0 Å². The highest BCUT2D eigenvalue weighted by Crippen LogP contribution is 2.35. The molecule has 0 bridgehead atoms. The number of amides is 1. The van der Waals surface area contributed by atoms with Gasteiger partial charge >= 0.3 is 0 Å². The van der Waals surface area contributed by atoms with Gasteiger partial charge < -0.3 is 10.2 Å². The summed E-state index contributed by atoms with van der Waals surface area (Å²) in [5.74, 6) is 1.21. The molecule has 2 aromatic rings. The van der Waals surface area contributed by atoms with Crippen molar-refractivity contribution in [2.24, 2.45) is 0 Å². The number of hydrogen-bond donors (Lipinski definition) is 1. The first kappa shape index (κ1) is 16.7. The van der Waals surface area contributed by atoms with Crippen LogP contribution in [0, 0.1) is 0 Å². The van der Waals surface area contributed by atoms with Crippen LogP contribution in [0.4, 0.5) is 5.82 Å². The van der Waals surface area contributed by atoms with E-state index in [1.54, 1.807) is 11.1 Å². The lowest BCUT2D eigenvalue weighted by Crippen LogP contribution is -2.39. The first-order chi connectivity index (χ1) is 12.5. The monoisotopic (exact) mass is 349 g/mol. The molecule has 2 aliphatic carbocycles. The highest BCUT2D eigenvalue weighted by Gasteiger charge is 2.39. The molecule has 0 unspecified atom stereocenters. The molecule has 1 saturated carbocycles. The van der Waals surface area contributed by atoms with E-state index in [0.717, 1.165) is 54.9 Å². The molecule has 134 valence electrons. The van der Waals surface area contributed by atoms with Crippen molar-refractivity contribution < 1.29 is 4.79 Å². The van der Waals surface area contributed by atoms with E-state index in [4.69, 9.17) is 9.97 Å². The molecule has 0 atom stereocenters. The van der Waals surface area contributed by atoms with Crippen molar-refractivity contribution in [2.45, 2.75) is 44.6 Å². The third kappa shape index (κ3) is 3.07. The summed E-state index contributed by atoms with van der Waals surface area (Å²) in [6.45, 7) is 6.06. The summed E-state index contributed by atoms with van der Waals surface area (Å²) in [6, 6.07) is 5.69. The van der Waals surface area contributed by atoms with E-state index < -0.39 is 0 Å². The van der Waals surface area contributed by atoms with E-state index in [1.165, 1.54) is 0 Å². The SMILES string of the molecule is C=C(C(=O)NC1(C)CC1)N(C)c1nc(-c2ccccn2)nc2c1CCC2. The van der Waals surface area contributed by atoms with Gasteiger partial charge in [0.15, 0.2) is 5.82 Å². The number of fused-ring (bicyclic) bond motifs is 1. The molecule has 2 aliphatic rings. The third-order valence-corrected chi connectivity index (χ3v) is 5.21. The normalized spacial score (nSPS) is 16.7. The molecule has 0 aromatic carbocycles. The molecule has 26 heavy (non-hydrogen) atoms. The zero-order valence-corrected chi connectivity index (χ0v) is 15.2. The Morgan fingerprint density at radius 2 is 2.08 bits per heavy atom. The molecule has 4 rings (SSSR count). The fourth-order valence-electron chi connectivity index (χ4n) is 3.24. The Morgan fingerprint density at radius 3 is 2.77 bits per heavy atom. The number of hydrogen-bond acceptors (Lipinski definition) is 5. The largest absolute Gasteiger partial charge is 0.346 e. The van der Waals surface area contributed by atoms with Gasteiger partial charge in [0.2, 0.25) is 0 Å². The maximum absolute atomic E-state index is 12.6. The molecule has 0 saturated heterocycles. The van der Waals surface area contributed by atoms with Crippen LogP contribution in [0.2, 0.25) is 0 Å². The summed E-state index contributed by atoms with van der Waals surface area (Å²) in [6.07, 6.45) is 6.66. The molecule has 0 spiro atoms. The molecule has 2 aromatic heterocycles. The molecular formula is C20H23N5O. The van der Waals surface area contributed by atoms with Crippen molar-refractivity contribution in [1.29, 1.82) is 0 Å². The summed E-state index contributed by atoms with van der Waals surface area (Å²) >= 11 is 0. The molecule has 2 heterocycles. The smallest absolute Gasteiger partial charge is 0.267 e. The van der Waals surface area contributed by atoms with Gasteiger partial charge in [-0.1, -0.05) is 12.6 Å². The summed E-state index contributed by atoms with van der Waals surface area (Å²) in [7, 11) is 1.85. The fraction of sp³-hybridized carbons (Fsp3) is 0.400. The maximum Gasteiger partial charge on any atom is 0.267 e. The Morgan fingerprint density at radius 1 is 1.27 bits per heavy atom. The van der Waals surface area contributed by atoms with Gasteiger partial charge in [0.1, 0.15) is 17.2 Å². The van der Waals surface area contributed by atoms with Gasteiger partial charge in [-0.15, -0.1) is 0 Å². The number of carbonyl (C=O) groups is 1. The molecule has 0 radical (unpaired) electrons. The quantitative estimate of drug-likeness (QED) is 0.840. The van der Waals surface area contributed by atoms with Crippen molar-refractivity contribution in [3.63, 3.8) is 0 Å². The van der Waals surface area contributed by atoms with Crippen LogP contribution >= 0.6 is 0 Å². The lowest BCUT2D eigenvalue weighted by molar-refractivity contribution is -0.118. The van der Waals surface area contributed by atoms with E-state index in [1.807, 2.05) is 25.2 Å². The minimum absolute atomic E-state index is 0.0758. The van der Waals surface area contributed by atoms with Gasteiger partial charge in [-0.25, -0.2) is 9.97 Å². The second-order valence-corrected chi connectivity index (χ2v) is 7.39. The van der Waals surface area contributed by atoms with Crippen LogP contribution in [0.1, 0.15) is 37.4 Å². The zero-order chi connectivity index (χ0) is 18.3. The van der Waals surface area contributed by atoms with Gasteiger partial charge in [0, 0.05) is 30.0 Å². The van der Waals surface area contributed by atoms with Gasteiger partial charge in [-0.3, -0.25) is 9.78 Å². The Labute approximate surface area is 153 Å². The zero-order valence-electron chi connectivity index (χ0n) is 15.2. The lowest BCUT2D eigenvalue weighted by Gasteiger charge is -2.24. The van der Waals surface area contributed by atoms with Crippen LogP contribution in [-0.2, 0) is 17.6 Å². The second-order valence-electron chi connectivity index (χ2n) is 7.39. The summed E-state index contributed by atoms with van der Waals surface area (Å²) in [5, 5.41) is 3.06. The van der Waals surface area contributed by atoms with Gasteiger partial charge in [0.25, 0.3) is 5.91 Å². The molecule has 1 fully saturated rings. The molecule has 1 amide bonds. The van der Waals surface area contributed by atoms with Crippen LogP contribution < -0.4 is 10.2 Å². The predicted octanol–water partition coefficient (Wildman–Crippen LogP) is 2.65. The van der Waals surface area contributed by atoms with Crippen LogP contribution in [0.5, 0.6) is 0 Å². The fourth-order valence-corrected chi connectivity index (χ4v) is 3.24. The maximum atomic E-state index is 12.6. The van der Waals surface area contributed by atoms with E-state index in [2.05, 4.69) is 23.8 Å². The Balaban J connectivity index is 1.67. The van der Waals surface area contributed by atoms with Crippen LogP contribution in [0.15, 0.2) is 36.7 Å². The average Bonchev–Trinajstić information content (AvgIpc) is 3.19. The first-order valence-corrected chi connectivity index (χ1v) is 9.03. The molecule has 0 aliphatic heterocycles.